The summed E-state index contributed by atoms with van der Waals surface area (Å²) in [6.07, 6.45) is -6.47. The Balaban J connectivity index is 1.88. The van der Waals surface area contributed by atoms with Gasteiger partial charge < -0.3 is 52.6 Å². The lowest BCUT2D eigenvalue weighted by Crippen LogP contribution is -2.61. The number of hydrogen-bond donors (Lipinski definition) is 1. The van der Waals surface area contributed by atoms with Crippen LogP contribution in [0.4, 0.5) is 0 Å². The summed E-state index contributed by atoms with van der Waals surface area (Å²) < 4.78 is 56.6. The standard InChI is InChI=1S/C40H65NO14/c1-15-28-40(11,46)33(44)22(4)30-20(2)17-39(10,55-30)34(54-37-32(51-26(8)43)27(41(12)13)16-21(3)49-37)23(5)31(24(6)36(45)52-28)53-29-18-38(9,47-14)35(48-19-42)25(7)50-29/h19,21-25,27-29,31-32,34-35,37,46H,15-18H2,1-14H3/t21?,22-,23?,24?,25?,27?,28?,29-,31?,32+,34+,35-,37?,38+,39-,40+/m0/s1. The molecule has 0 spiro atoms. The van der Waals surface area contributed by atoms with E-state index in [1.165, 1.54) is 21.0 Å². The minimum atomic E-state index is -2.05. The molecule has 3 saturated heterocycles. The van der Waals surface area contributed by atoms with E-state index in [0.29, 0.717) is 25.1 Å². The second kappa shape index (κ2) is 17.5. The fourth-order valence-electron chi connectivity index (χ4n) is 9.17. The fraction of sp³-hybridized carbons (Fsp3) is 0.850. The minimum Gasteiger partial charge on any atom is -0.488 e. The molecular weight excluding hydrogens is 718 g/mol. The van der Waals surface area contributed by atoms with Gasteiger partial charge in [-0.2, -0.15) is 0 Å². The highest BCUT2D eigenvalue weighted by molar-refractivity contribution is 5.91. The Hall–Kier alpha value is -2.66. The summed E-state index contributed by atoms with van der Waals surface area (Å²) in [5, 5.41) is 11.7. The van der Waals surface area contributed by atoms with Crippen LogP contribution in [0.1, 0.15) is 102 Å². The van der Waals surface area contributed by atoms with Crippen molar-refractivity contribution in [2.45, 2.75) is 180 Å². The first-order chi connectivity index (χ1) is 25.5. The second-order valence-electron chi connectivity index (χ2n) is 16.9. The summed E-state index contributed by atoms with van der Waals surface area (Å²) in [7, 11) is 5.31. The smallest absolute Gasteiger partial charge is 0.311 e. The number of allylic oxidation sites excluding steroid dienone is 1. The predicted molar refractivity (Wildman–Crippen MR) is 197 cm³/mol. The maximum Gasteiger partial charge on any atom is 0.311 e. The van der Waals surface area contributed by atoms with Crippen LogP contribution in [-0.4, -0.2) is 134 Å². The summed E-state index contributed by atoms with van der Waals surface area (Å²) in [4.78, 5) is 54.3. The van der Waals surface area contributed by atoms with E-state index in [2.05, 4.69) is 0 Å². The van der Waals surface area contributed by atoms with E-state index in [9.17, 15) is 24.3 Å². The largest absolute Gasteiger partial charge is 0.488 e. The van der Waals surface area contributed by atoms with E-state index in [1.807, 2.05) is 46.7 Å². The molecule has 15 nitrogen and oxygen atoms in total. The summed E-state index contributed by atoms with van der Waals surface area (Å²) >= 11 is 0. The second-order valence-corrected chi connectivity index (χ2v) is 16.9. The van der Waals surface area contributed by atoms with Gasteiger partial charge in [0.15, 0.2) is 36.2 Å². The first kappa shape index (κ1) is 45.0. The zero-order chi connectivity index (χ0) is 41.4. The molecule has 4 aliphatic rings. The highest BCUT2D eigenvalue weighted by Crippen LogP contribution is 2.47. The number of ketones is 1. The van der Waals surface area contributed by atoms with Crippen LogP contribution in [0.3, 0.4) is 0 Å². The highest BCUT2D eigenvalue weighted by Gasteiger charge is 2.57. The van der Waals surface area contributed by atoms with E-state index in [0.717, 1.165) is 5.57 Å². The number of esters is 2. The molecule has 1 N–H and O–H groups in total. The molecule has 8 unspecified atom stereocenters. The molecule has 0 aromatic heterocycles. The number of carbonyl (C=O) groups is 4. The fourth-order valence-corrected chi connectivity index (χ4v) is 9.17. The number of rotatable bonds is 10. The lowest BCUT2D eigenvalue weighted by atomic mass is 9.79. The Morgan fingerprint density at radius 2 is 1.67 bits per heavy atom. The molecule has 55 heavy (non-hydrogen) atoms. The zero-order valence-electron chi connectivity index (χ0n) is 35.1. The number of aliphatic hydroxyl groups is 1. The molecule has 16 atom stereocenters. The maximum absolute atomic E-state index is 14.2. The van der Waals surface area contributed by atoms with Crippen molar-refractivity contribution < 1.29 is 66.9 Å². The molecule has 0 amide bonds. The number of Topliss-reactive ketones (excluding diaryl/α,β-unsaturated/α-hetero) is 1. The Bertz CT molecular complexity index is 1430. The Morgan fingerprint density at radius 1 is 1.02 bits per heavy atom. The number of cyclic esters (lactones) is 1. The Kier molecular flexibility index (Phi) is 14.3. The number of carbonyl (C=O) groups excluding carboxylic acids is 4. The molecule has 0 aromatic rings. The van der Waals surface area contributed by atoms with Crippen LogP contribution in [-0.2, 0) is 61.8 Å². The van der Waals surface area contributed by atoms with E-state index in [4.69, 9.17) is 42.6 Å². The number of likely N-dealkylation sites (N-methyl/N-ethyl adjacent to an activating group) is 1. The first-order valence-electron chi connectivity index (χ1n) is 19.5. The monoisotopic (exact) mass is 783 g/mol. The van der Waals surface area contributed by atoms with E-state index in [-0.39, 0.29) is 25.0 Å². The number of methoxy groups -OCH3 is 1. The van der Waals surface area contributed by atoms with E-state index < -0.39 is 101 Å². The molecule has 0 radical (unpaired) electrons. The first-order valence-corrected chi connectivity index (χ1v) is 19.5. The van der Waals surface area contributed by atoms with Crippen molar-refractivity contribution in [1.82, 2.24) is 4.90 Å². The van der Waals surface area contributed by atoms with E-state index in [1.54, 1.807) is 34.6 Å². The van der Waals surface area contributed by atoms with Gasteiger partial charge in [-0.1, -0.05) is 13.8 Å². The zero-order valence-corrected chi connectivity index (χ0v) is 35.1. The van der Waals surface area contributed by atoms with E-state index >= 15 is 0 Å². The van der Waals surface area contributed by atoms with Crippen molar-refractivity contribution in [2.75, 3.05) is 21.2 Å². The molecule has 4 rings (SSSR count). The van der Waals surface area contributed by atoms with Gasteiger partial charge in [-0.15, -0.1) is 0 Å². The average Bonchev–Trinajstić information content (AvgIpc) is 3.42. The molecular formula is C40H65NO14. The normalized spacial score (nSPS) is 44.5. The Labute approximate surface area is 325 Å². The van der Waals surface area contributed by atoms with Crippen LogP contribution in [0, 0.1) is 17.8 Å². The third-order valence-electron chi connectivity index (χ3n) is 12.2. The predicted octanol–water partition coefficient (Wildman–Crippen LogP) is 3.85. The SMILES string of the molecule is CCC1OC(=O)C(C)C(O[C@H]2C[C@@](C)(OC)[C@@H](OC=O)C(C)O2)C(C)[C@@H](OC2OC(C)CC(N(C)C)[C@H]2OC(C)=O)[C@]2(C)CC(C)=C(O2)[C@H](C)C(=O)[C@]1(C)O. The van der Waals surface area contributed by atoms with Crippen molar-refractivity contribution in [3.05, 3.63) is 11.3 Å². The van der Waals surface area contributed by atoms with Gasteiger partial charge in [0.2, 0.25) is 0 Å². The lowest BCUT2D eigenvalue weighted by molar-refractivity contribution is -0.317. The van der Waals surface area contributed by atoms with Crippen molar-refractivity contribution in [3.8, 4) is 0 Å². The van der Waals surface area contributed by atoms with Crippen LogP contribution in [0.25, 0.3) is 0 Å². The summed E-state index contributed by atoms with van der Waals surface area (Å²) in [6, 6.07) is -0.257. The van der Waals surface area contributed by atoms with Crippen LogP contribution in [0.2, 0.25) is 0 Å². The topological polar surface area (TPSA) is 175 Å². The highest BCUT2D eigenvalue weighted by atomic mass is 16.7. The van der Waals surface area contributed by atoms with Crippen LogP contribution >= 0.6 is 0 Å². The molecule has 4 aliphatic heterocycles. The van der Waals surface area contributed by atoms with Crippen LogP contribution in [0.15, 0.2) is 11.3 Å². The van der Waals surface area contributed by atoms with Crippen molar-refractivity contribution in [2.24, 2.45) is 17.8 Å². The molecule has 0 saturated carbocycles. The van der Waals surface area contributed by atoms with Gasteiger partial charge in [0.25, 0.3) is 6.47 Å². The van der Waals surface area contributed by atoms with Gasteiger partial charge in [-0.05, 0) is 87.9 Å². The Morgan fingerprint density at radius 3 is 2.24 bits per heavy atom. The summed E-state index contributed by atoms with van der Waals surface area (Å²) in [6.45, 7) is 19.2. The number of fused-ring (bicyclic) bond motifs is 2. The summed E-state index contributed by atoms with van der Waals surface area (Å²) in [5.74, 6) is -3.98. The number of hydrogen-bond acceptors (Lipinski definition) is 15. The van der Waals surface area contributed by atoms with Gasteiger partial charge in [0.1, 0.15) is 29.2 Å². The van der Waals surface area contributed by atoms with Gasteiger partial charge in [0, 0.05) is 32.8 Å². The molecule has 0 aliphatic carbocycles. The van der Waals surface area contributed by atoms with Crippen molar-refractivity contribution >= 4 is 24.2 Å². The van der Waals surface area contributed by atoms with Crippen LogP contribution in [0.5, 0.6) is 0 Å². The molecule has 4 heterocycles. The number of nitrogens with zero attached hydrogens (tertiary/aromatic N) is 1. The third-order valence-corrected chi connectivity index (χ3v) is 12.2. The molecule has 0 aromatic carbocycles. The van der Waals surface area contributed by atoms with Crippen LogP contribution < -0.4 is 0 Å². The maximum atomic E-state index is 14.2. The number of ether oxygens (including phenoxy) is 9. The third kappa shape index (κ3) is 9.23. The lowest BCUT2D eigenvalue weighted by Gasteiger charge is -2.49. The molecule has 15 heteroatoms. The molecule has 2 bridgehead atoms. The average molecular weight is 784 g/mol. The van der Waals surface area contributed by atoms with Crippen molar-refractivity contribution in [3.63, 3.8) is 0 Å². The van der Waals surface area contributed by atoms with Crippen molar-refractivity contribution in [1.29, 1.82) is 0 Å². The quantitative estimate of drug-likeness (QED) is 0.192. The van der Waals surface area contributed by atoms with Gasteiger partial charge in [-0.3, -0.25) is 19.2 Å². The van der Waals surface area contributed by atoms with Gasteiger partial charge in [0.05, 0.1) is 36.2 Å². The van der Waals surface area contributed by atoms with Gasteiger partial charge in [-0.25, -0.2) is 0 Å². The molecule has 3 fully saturated rings. The minimum absolute atomic E-state index is 0.127. The summed E-state index contributed by atoms with van der Waals surface area (Å²) in [5.41, 5.74) is -3.45. The van der Waals surface area contributed by atoms with Gasteiger partial charge >= 0.3 is 11.9 Å². The molecule has 314 valence electrons.